The maximum atomic E-state index is 10.6. The molecular formula is C16H18N2O3. The van der Waals surface area contributed by atoms with Gasteiger partial charge in [-0.05, 0) is 37.1 Å². The van der Waals surface area contributed by atoms with Crippen molar-refractivity contribution in [2.24, 2.45) is 0 Å². The van der Waals surface area contributed by atoms with Crippen LogP contribution in [0.5, 0.6) is 5.75 Å². The normalized spacial score (nSPS) is 15.8. The van der Waals surface area contributed by atoms with E-state index in [1.165, 1.54) is 19.3 Å². The average molecular weight is 286 g/mol. The van der Waals surface area contributed by atoms with Crippen LogP contribution < -0.4 is 4.74 Å². The molecule has 0 unspecified atom stereocenters. The minimum Gasteiger partial charge on any atom is -0.484 e. The zero-order chi connectivity index (χ0) is 14.5. The molecule has 1 fully saturated rings. The second kappa shape index (κ2) is 6.52. The molecule has 1 aliphatic carbocycles. The molecule has 21 heavy (non-hydrogen) atoms. The summed E-state index contributed by atoms with van der Waals surface area (Å²) < 4.78 is 10.8. The molecule has 2 aromatic rings. The number of aromatic nitrogens is 2. The molecule has 5 heteroatoms. The molecule has 0 bridgehead atoms. The Morgan fingerprint density at radius 1 is 1.19 bits per heavy atom. The Morgan fingerprint density at radius 2 is 1.95 bits per heavy atom. The van der Waals surface area contributed by atoms with Gasteiger partial charge in [0.1, 0.15) is 12.0 Å². The summed E-state index contributed by atoms with van der Waals surface area (Å²) in [5.74, 6) is 2.42. The first-order chi connectivity index (χ1) is 10.3. The lowest BCUT2D eigenvalue weighted by Crippen LogP contribution is -2.06. The molecule has 0 aliphatic heterocycles. The SMILES string of the molecule is O=Cc1ccc(OCc2nc(C3CCCCC3)no2)cc1. The van der Waals surface area contributed by atoms with E-state index in [1.54, 1.807) is 24.3 Å². The van der Waals surface area contributed by atoms with Crippen molar-refractivity contribution in [3.05, 3.63) is 41.5 Å². The summed E-state index contributed by atoms with van der Waals surface area (Å²) in [5, 5.41) is 4.07. The highest BCUT2D eigenvalue weighted by Gasteiger charge is 2.20. The monoisotopic (exact) mass is 286 g/mol. The second-order valence-electron chi connectivity index (χ2n) is 5.36. The third-order valence-corrected chi connectivity index (χ3v) is 3.83. The number of hydrogen-bond acceptors (Lipinski definition) is 5. The third-order valence-electron chi connectivity index (χ3n) is 3.83. The number of ether oxygens (including phenoxy) is 1. The number of nitrogens with zero attached hydrogens (tertiary/aromatic N) is 2. The molecule has 1 saturated carbocycles. The van der Waals surface area contributed by atoms with Crippen LogP contribution in [0.3, 0.4) is 0 Å². The van der Waals surface area contributed by atoms with E-state index < -0.39 is 0 Å². The van der Waals surface area contributed by atoms with Gasteiger partial charge >= 0.3 is 0 Å². The molecule has 1 heterocycles. The molecule has 110 valence electrons. The highest BCUT2D eigenvalue weighted by molar-refractivity contribution is 5.74. The minimum atomic E-state index is 0.250. The van der Waals surface area contributed by atoms with Crippen LogP contribution in [0.15, 0.2) is 28.8 Å². The highest BCUT2D eigenvalue weighted by Crippen LogP contribution is 2.30. The maximum absolute atomic E-state index is 10.6. The first kappa shape index (κ1) is 13.8. The second-order valence-corrected chi connectivity index (χ2v) is 5.36. The van der Waals surface area contributed by atoms with Crippen LogP contribution in [0.1, 0.15) is 60.1 Å². The fraction of sp³-hybridized carbons (Fsp3) is 0.438. The van der Waals surface area contributed by atoms with Crippen molar-refractivity contribution in [2.45, 2.75) is 44.6 Å². The maximum Gasteiger partial charge on any atom is 0.264 e. The lowest BCUT2D eigenvalue weighted by Gasteiger charge is -2.17. The Labute approximate surface area is 123 Å². The van der Waals surface area contributed by atoms with Crippen molar-refractivity contribution in [2.75, 3.05) is 0 Å². The molecule has 0 saturated heterocycles. The predicted octanol–water partition coefficient (Wildman–Crippen LogP) is 3.51. The minimum absolute atomic E-state index is 0.250. The topological polar surface area (TPSA) is 65.2 Å². The number of hydrogen-bond donors (Lipinski definition) is 0. The van der Waals surface area contributed by atoms with Gasteiger partial charge in [0.15, 0.2) is 12.4 Å². The smallest absolute Gasteiger partial charge is 0.264 e. The van der Waals surface area contributed by atoms with E-state index in [4.69, 9.17) is 9.26 Å². The zero-order valence-corrected chi connectivity index (χ0v) is 11.8. The van der Waals surface area contributed by atoms with Gasteiger partial charge in [-0.1, -0.05) is 24.4 Å². The van der Waals surface area contributed by atoms with Crippen molar-refractivity contribution in [3.8, 4) is 5.75 Å². The van der Waals surface area contributed by atoms with E-state index in [0.717, 1.165) is 25.0 Å². The van der Waals surface area contributed by atoms with E-state index in [-0.39, 0.29) is 6.61 Å². The molecule has 0 N–H and O–H groups in total. The Kier molecular flexibility index (Phi) is 4.28. The fourth-order valence-electron chi connectivity index (χ4n) is 2.64. The highest BCUT2D eigenvalue weighted by atomic mass is 16.5. The molecule has 0 atom stereocenters. The van der Waals surface area contributed by atoms with Crippen molar-refractivity contribution < 1.29 is 14.1 Å². The summed E-state index contributed by atoms with van der Waals surface area (Å²) in [5.41, 5.74) is 0.625. The van der Waals surface area contributed by atoms with Gasteiger partial charge in [0.25, 0.3) is 5.89 Å². The van der Waals surface area contributed by atoms with Gasteiger partial charge in [-0.3, -0.25) is 4.79 Å². The summed E-state index contributed by atoms with van der Waals surface area (Å²) in [6.45, 7) is 0.250. The first-order valence-corrected chi connectivity index (χ1v) is 7.35. The molecule has 5 nitrogen and oxygen atoms in total. The van der Waals surface area contributed by atoms with E-state index >= 15 is 0 Å². The molecular weight excluding hydrogens is 268 g/mol. The summed E-state index contributed by atoms with van der Waals surface area (Å²) in [6.07, 6.45) is 6.89. The number of aldehydes is 1. The Balaban J connectivity index is 1.57. The quantitative estimate of drug-likeness (QED) is 0.787. The van der Waals surface area contributed by atoms with Crippen LogP contribution >= 0.6 is 0 Å². The van der Waals surface area contributed by atoms with Crippen LogP contribution in [-0.4, -0.2) is 16.4 Å². The molecule has 0 spiro atoms. The average Bonchev–Trinajstić information content (AvgIpc) is 3.03. The summed E-state index contributed by atoms with van der Waals surface area (Å²) >= 11 is 0. The lowest BCUT2D eigenvalue weighted by atomic mass is 9.89. The molecule has 1 aromatic heterocycles. The molecule has 3 rings (SSSR count). The van der Waals surface area contributed by atoms with E-state index in [9.17, 15) is 4.79 Å². The standard InChI is InChI=1S/C16H18N2O3/c19-10-12-6-8-14(9-7-12)20-11-15-17-16(18-21-15)13-4-2-1-3-5-13/h6-10,13H,1-5,11H2. The summed E-state index contributed by atoms with van der Waals surface area (Å²) in [7, 11) is 0. The molecule has 0 amide bonds. The number of rotatable bonds is 5. The van der Waals surface area contributed by atoms with Crippen LogP contribution in [-0.2, 0) is 6.61 Å². The first-order valence-electron chi connectivity index (χ1n) is 7.35. The Bertz CT molecular complexity index is 586. The fourth-order valence-corrected chi connectivity index (χ4v) is 2.64. The van der Waals surface area contributed by atoms with E-state index in [1.807, 2.05) is 0 Å². The molecule has 0 radical (unpaired) electrons. The van der Waals surface area contributed by atoms with Gasteiger partial charge in [-0.2, -0.15) is 4.98 Å². The van der Waals surface area contributed by atoms with Crippen LogP contribution in [0, 0.1) is 0 Å². The van der Waals surface area contributed by atoms with Gasteiger partial charge in [0.05, 0.1) is 0 Å². The van der Waals surface area contributed by atoms with Gasteiger partial charge in [0, 0.05) is 11.5 Å². The van der Waals surface area contributed by atoms with Crippen LogP contribution in [0.2, 0.25) is 0 Å². The number of benzene rings is 1. The summed E-state index contributed by atoms with van der Waals surface area (Å²) in [6, 6.07) is 6.93. The van der Waals surface area contributed by atoms with Gasteiger partial charge in [-0.15, -0.1) is 0 Å². The van der Waals surface area contributed by atoms with E-state index in [2.05, 4.69) is 10.1 Å². The van der Waals surface area contributed by atoms with Crippen molar-refractivity contribution >= 4 is 6.29 Å². The molecule has 1 aromatic carbocycles. The Hall–Kier alpha value is -2.17. The van der Waals surface area contributed by atoms with E-state index in [0.29, 0.717) is 23.1 Å². The van der Waals surface area contributed by atoms with Crippen LogP contribution in [0.25, 0.3) is 0 Å². The van der Waals surface area contributed by atoms with Crippen molar-refractivity contribution in [3.63, 3.8) is 0 Å². The Morgan fingerprint density at radius 3 is 2.67 bits per heavy atom. The van der Waals surface area contributed by atoms with Crippen molar-refractivity contribution in [1.82, 2.24) is 10.1 Å². The predicted molar refractivity (Wildman–Crippen MR) is 76.3 cm³/mol. The van der Waals surface area contributed by atoms with Gasteiger partial charge < -0.3 is 9.26 Å². The zero-order valence-electron chi connectivity index (χ0n) is 11.8. The number of carbonyl (C=O) groups is 1. The van der Waals surface area contributed by atoms with Gasteiger partial charge in [-0.25, -0.2) is 0 Å². The molecule has 1 aliphatic rings. The van der Waals surface area contributed by atoms with Crippen molar-refractivity contribution in [1.29, 1.82) is 0 Å². The summed E-state index contributed by atoms with van der Waals surface area (Å²) in [4.78, 5) is 15.0. The van der Waals surface area contributed by atoms with Gasteiger partial charge in [0.2, 0.25) is 0 Å². The largest absolute Gasteiger partial charge is 0.484 e. The van der Waals surface area contributed by atoms with Crippen LogP contribution in [0.4, 0.5) is 0 Å². The third kappa shape index (κ3) is 3.48. The lowest BCUT2D eigenvalue weighted by molar-refractivity contribution is 0.112. The number of carbonyl (C=O) groups excluding carboxylic acids is 1.